The Morgan fingerprint density at radius 1 is 1.19 bits per heavy atom. The van der Waals surface area contributed by atoms with Crippen LogP contribution in [0.1, 0.15) is 49.4 Å². The second kappa shape index (κ2) is 9.00. The van der Waals surface area contributed by atoms with Gasteiger partial charge < -0.3 is 16.2 Å². The van der Waals surface area contributed by atoms with E-state index < -0.39 is 11.9 Å². The normalized spacial score (nSPS) is 11.9. The highest BCUT2D eigenvalue weighted by Crippen LogP contribution is 2.18. The first-order valence-electron chi connectivity index (χ1n) is 7.38. The van der Waals surface area contributed by atoms with Crippen LogP contribution < -0.4 is 11.1 Å². The average Bonchev–Trinajstić information content (AvgIpc) is 2.45. The molecule has 0 aliphatic heterocycles. The third kappa shape index (κ3) is 6.79. The Bertz CT molecular complexity index is 457. The third-order valence-electron chi connectivity index (χ3n) is 3.51. The molecular formula is C16H24N2O3. The molecular weight excluding hydrogens is 268 g/mol. The monoisotopic (exact) mass is 292 g/mol. The number of hydrogen-bond acceptors (Lipinski definition) is 3. The van der Waals surface area contributed by atoms with Gasteiger partial charge in [-0.1, -0.05) is 19.8 Å². The van der Waals surface area contributed by atoms with Crippen LogP contribution in [0.15, 0.2) is 24.3 Å². The van der Waals surface area contributed by atoms with Crippen LogP contribution in [0.25, 0.3) is 0 Å². The molecule has 0 aromatic heterocycles. The molecule has 1 atom stereocenters. The SMILES string of the molecule is CCCC(CCNc1ccc(C(N)=O)cc1)CCC(=O)O. The minimum Gasteiger partial charge on any atom is -0.481 e. The van der Waals surface area contributed by atoms with Gasteiger partial charge in [0.2, 0.25) is 5.91 Å². The predicted octanol–water partition coefficient (Wildman–Crippen LogP) is 2.87. The van der Waals surface area contributed by atoms with Crippen molar-refractivity contribution in [2.24, 2.45) is 11.7 Å². The number of carboxylic acid groups (broad SMARTS) is 1. The lowest BCUT2D eigenvalue weighted by atomic mass is 9.94. The first-order valence-corrected chi connectivity index (χ1v) is 7.38. The number of carboxylic acids is 1. The van der Waals surface area contributed by atoms with Crippen LogP contribution in [0.2, 0.25) is 0 Å². The van der Waals surface area contributed by atoms with E-state index in [0.29, 0.717) is 11.5 Å². The maximum atomic E-state index is 11.0. The number of nitrogens with one attached hydrogen (secondary N) is 1. The number of carbonyl (C=O) groups is 2. The van der Waals surface area contributed by atoms with Crippen molar-refractivity contribution in [1.29, 1.82) is 0 Å². The highest BCUT2D eigenvalue weighted by atomic mass is 16.4. The van der Waals surface area contributed by atoms with Crippen molar-refractivity contribution in [2.75, 3.05) is 11.9 Å². The van der Waals surface area contributed by atoms with E-state index in [1.54, 1.807) is 12.1 Å². The lowest BCUT2D eigenvalue weighted by Gasteiger charge is -2.16. The summed E-state index contributed by atoms with van der Waals surface area (Å²) in [6, 6.07) is 7.04. The molecule has 1 rings (SSSR count). The summed E-state index contributed by atoms with van der Waals surface area (Å²) in [7, 11) is 0. The molecule has 0 aliphatic carbocycles. The number of amides is 1. The largest absolute Gasteiger partial charge is 0.481 e. The highest BCUT2D eigenvalue weighted by molar-refractivity contribution is 5.93. The number of nitrogens with two attached hydrogens (primary N) is 1. The number of aliphatic carboxylic acids is 1. The van der Waals surface area contributed by atoms with E-state index >= 15 is 0 Å². The Morgan fingerprint density at radius 2 is 1.86 bits per heavy atom. The van der Waals surface area contributed by atoms with Crippen LogP contribution in [-0.2, 0) is 4.79 Å². The van der Waals surface area contributed by atoms with Gasteiger partial charge in [0.15, 0.2) is 0 Å². The number of primary amides is 1. The molecule has 21 heavy (non-hydrogen) atoms. The fourth-order valence-corrected chi connectivity index (χ4v) is 2.34. The van der Waals surface area contributed by atoms with Gasteiger partial charge in [0.1, 0.15) is 0 Å². The first-order chi connectivity index (χ1) is 10.0. The van der Waals surface area contributed by atoms with Crippen LogP contribution >= 0.6 is 0 Å². The van der Waals surface area contributed by atoms with Gasteiger partial charge in [-0.3, -0.25) is 9.59 Å². The van der Waals surface area contributed by atoms with E-state index in [1.807, 2.05) is 12.1 Å². The van der Waals surface area contributed by atoms with Gasteiger partial charge >= 0.3 is 5.97 Å². The Morgan fingerprint density at radius 3 is 2.38 bits per heavy atom. The molecule has 1 unspecified atom stereocenters. The standard InChI is InChI=1S/C16H24N2O3/c1-2-3-12(4-9-15(19)20)10-11-18-14-7-5-13(6-8-14)16(17)21/h5-8,12,18H,2-4,9-11H2,1H3,(H2,17,21)(H,19,20). The van der Waals surface area contributed by atoms with Gasteiger partial charge in [-0.25, -0.2) is 0 Å². The molecule has 1 amide bonds. The zero-order valence-corrected chi connectivity index (χ0v) is 12.5. The third-order valence-corrected chi connectivity index (χ3v) is 3.51. The molecule has 0 fully saturated rings. The average molecular weight is 292 g/mol. The molecule has 0 aliphatic rings. The molecule has 0 saturated heterocycles. The van der Waals surface area contributed by atoms with Crippen molar-refractivity contribution in [3.05, 3.63) is 29.8 Å². The summed E-state index contributed by atoms with van der Waals surface area (Å²) in [5, 5.41) is 12.0. The van der Waals surface area contributed by atoms with E-state index in [0.717, 1.165) is 37.9 Å². The van der Waals surface area contributed by atoms with Crippen LogP contribution in [-0.4, -0.2) is 23.5 Å². The summed E-state index contributed by atoms with van der Waals surface area (Å²) in [4.78, 5) is 21.6. The fourth-order valence-electron chi connectivity index (χ4n) is 2.34. The Kier molecular flexibility index (Phi) is 7.29. The van der Waals surface area contributed by atoms with Gasteiger partial charge in [-0.05, 0) is 43.0 Å². The minimum absolute atomic E-state index is 0.234. The molecule has 0 heterocycles. The van der Waals surface area contributed by atoms with Gasteiger partial charge in [0, 0.05) is 24.2 Å². The van der Waals surface area contributed by atoms with Gasteiger partial charge in [0.25, 0.3) is 0 Å². The van der Waals surface area contributed by atoms with Gasteiger partial charge in [-0.2, -0.15) is 0 Å². The van der Waals surface area contributed by atoms with Gasteiger partial charge in [-0.15, -0.1) is 0 Å². The maximum Gasteiger partial charge on any atom is 0.303 e. The van der Waals surface area contributed by atoms with Crippen molar-refractivity contribution < 1.29 is 14.7 Å². The lowest BCUT2D eigenvalue weighted by molar-refractivity contribution is -0.137. The second-order valence-corrected chi connectivity index (χ2v) is 5.24. The summed E-state index contributed by atoms with van der Waals surface area (Å²) in [6.07, 6.45) is 4.02. The first kappa shape index (κ1) is 17.0. The second-order valence-electron chi connectivity index (χ2n) is 5.24. The summed E-state index contributed by atoms with van der Waals surface area (Å²) >= 11 is 0. The number of hydrogen-bond donors (Lipinski definition) is 3. The van der Waals surface area contributed by atoms with Crippen LogP contribution in [0.5, 0.6) is 0 Å². The Labute approximate surface area is 125 Å². The molecule has 1 aromatic rings. The van der Waals surface area contributed by atoms with E-state index in [9.17, 15) is 9.59 Å². The zero-order chi connectivity index (χ0) is 15.7. The summed E-state index contributed by atoms with van der Waals surface area (Å²) in [6.45, 7) is 2.91. The van der Waals surface area contributed by atoms with E-state index in [4.69, 9.17) is 10.8 Å². The van der Waals surface area contributed by atoms with E-state index in [2.05, 4.69) is 12.2 Å². The topological polar surface area (TPSA) is 92.4 Å². The van der Waals surface area contributed by atoms with Crippen molar-refractivity contribution in [3.63, 3.8) is 0 Å². The smallest absolute Gasteiger partial charge is 0.303 e. The quantitative estimate of drug-likeness (QED) is 0.618. The van der Waals surface area contributed by atoms with Crippen LogP contribution in [0.4, 0.5) is 5.69 Å². The van der Waals surface area contributed by atoms with Crippen molar-refractivity contribution >= 4 is 17.6 Å². The van der Waals surface area contributed by atoms with Crippen molar-refractivity contribution in [3.8, 4) is 0 Å². The molecule has 5 nitrogen and oxygen atoms in total. The Hall–Kier alpha value is -2.04. The number of carbonyl (C=O) groups excluding carboxylic acids is 1. The number of benzene rings is 1. The number of anilines is 1. The minimum atomic E-state index is -0.730. The highest BCUT2D eigenvalue weighted by Gasteiger charge is 2.10. The molecule has 116 valence electrons. The maximum absolute atomic E-state index is 11.0. The fraction of sp³-hybridized carbons (Fsp3) is 0.500. The van der Waals surface area contributed by atoms with Crippen LogP contribution in [0.3, 0.4) is 0 Å². The lowest BCUT2D eigenvalue weighted by Crippen LogP contribution is -2.12. The van der Waals surface area contributed by atoms with Crippen molar-refractivity contribution in [2.45, 2.75) is 39.0 Å². The van der Waals surface area contributed by atoms with Crippen molar-refractivity contribution in [1.82, 2.24) is 0 Å². The van der Waals surface area contributed by atoms with E-state index in [1.165, 1.54) is 0 Å². The zero-order valence-electron chi connectivity index (χ0n) is 12.5. The molecule has 0 bridgehead atoms. The number of rotatable bonds is 10. The molecule has 0 saturated carbocycles. The molecule has 1 aromatic carbocycles. The summed E-state index contributed by atoms with van der Waals surface area (Å²) in [5.41, 5.74) is 6.62. The summed E-state index contributed by atoms with van der Waals surface area (Å²) < 4.78 is 0. The molecule has 0 radical (unpaired) electrons. The molecule has 5 heteroatoms. The predicted molar refractivity (Wildman–Crippen MR) is 83.3 cm³/mol. The Balaban J connectivity index is 2.38. The van der Waals surface area contributed by atoms with E-state index in [-0.39, 0.29) is 6.42 Å². The summed E-state index contributed by atoms with van der Waals surface area (Å²) in [5.74, 6) is -0.729. The van der Waals surface area contributed by atoms with Crippen LogP contribution in [0, 0.1) is 5.92 Å². The molecule has 0 spiro atoms. The molecule has 4 N–H and O–H groups in total. The van der Waals surface area contributed by atoms with Gasteiger partial charge in [0.05, 0.1) is 0 Å².